The number of rotatable bonds is 6. The molecule has 0 unspecified atom stereocenters. The highest BCUT2D eigenvalue weighted by Crippen LogP contribution is 2.33. The van der Waals surface area contributed by atoms with E-state index in [4.69, 9.17) is 13.7 Å². The van der Waals surface area contributed by atoms with E-state index in [1.54, 1.807) is 41.3 Å². The van der Waals surface area contributed by atoms with Gasteiger partial charge in [0.05, 0.1) is 30.5 Å². The van der Waals surface area contributed by atoms with Gasteiger partial charge in [-0.05, 0) is 30.3 Å². The number of anilines is 1. The van der Waals surface area contributed by atoms with Crippen LogP contribution in [0.25, 0.3) is 21.9 Å². The predicted octanol–water partition coefficient (Wildman–Crippen LogP) is 3.02. The average molecular weight is 425 g/mol. The Morgan fingerprint density at radius 3 is 2.90 bits per heavy atom. The molecule has 0 aliphatic carbocycles. The van der Waals surface area contributed by atoms with E-state index >= 15 is 0 Å². The number of fused-ring (bicyclic) bond motifs is 2. The molecule has 0 saturated carbocycles. The Hall–Kier alpha value is -3.86. The highest BCUT2D eigenvalue weighted by molar-refractivity contribution is 7.92. The number of ether oxygens (including phenoxy) is 1. The van der Waals surface area contributed by atoms with Crippen molar-refractivity contribution in [2.45, 2.75) is 11.4 Å². The number of aromatic nitrogens is 4. The Morgan fingerprint density at radius 1 is 1.20 bits per heavy atom. The highest BCUT2D eigenvalue weighted by Gasteiger charge is 2.23. The van der Waals surface area contributed by atoms with Gasteiger partial charge in [0.15, 0.2) is 11.4 Å². The molecule has 5 rings (SSSR count). The molecule has 0 spiro atoms. The fourth-order valence-corrected chi connectivity index (χ4v) is 4.18. The standard InChI is InChI=1S/C19H15N5O5S/c1-27-19-17-16(10-13(21-19)11-24-7-2-6-20-24)29-22-18(17)23-30(25,26)14-3-4-15-12(9-14)5-8-28-15/h2-10H,11H2,1H3,(H,22,23). The van der Waals surface area contributed by atoms with E-state index in [-0.39, 0.29) is 16.6 Å². The summed E-state index contributed by atoms with van der Waals surface area (Å²) in [4.78, 5) is 4.50. The molecule has 10 nitrogen and oxygen atoms in total. The van der Waals surface area contributed by atoms with E-state index in [0.29, 0.717) is 34.2 Å². The van der Waals surface area contributed by atoms with Crippen LogP contribution in [0.1, 0.15) is 5.69 Å². The molecule has 4 aromatic heterocycles. The molecule has 5 aromatic rings. The Bertz CT molecular complexity index is 1450. The van der Waals surface area contributed by atoms with Gasteiger partial charge in [-0.3, -0.25) is 9.40 Å². The van der Waals surface area contributed by atoms with Crippen LogP contribution in [0.3, 0.4) is 0 Å². The second-order valence-corrected chi connectivity index (χ2v) is 8.14. The van der Waals surface area contributed by atoms with Gasteiger partial charge in [-0.25, -0.2) is 13.4 Å². The lowest BCUT2D eigenvalue weighted by molar-refractivity contribution is 0.400. The predicted molar refractivity (Wildman–Crippen MR) is 107 cm³/mol. The van der Waals surface area contributed by atoms with Crippen molar-refractivity contribution in [1.29, 1.82) is 0 Å². The Labute approximate surface area is 170 Å². The van der Waals surface area contributed by atoms with E-state index in [9.17, 15) is 8.42 Å². The van der Waals surface area contributed by atoms with E-state index < -0.39 is 10.0 Å². The molecule has 0 fully saturated rings. The summed E-state index contributed by atoms with van der Waals surface area (Å²) >= 11 is 0. The maximum absolute atomic E-state index is 12.9. The number of methoxy groups -OCH3 is 1. The largest absolute Gasteiger partial charge is 0.480 e. The first-order chi connectivity index (χ1) is 14.5. The molecule has 0 aliphatic rings. The van der Waals surface area contributed by atoms with Gasteiger partial charge in [0.2, 0.25) is 5.88 Å². The van der Waals surface area contributed by atoms with Crippen LogP contribution in [0.15, 0.2) is 68.9 Å². The third-order valence-electron chi connectivity index (χ3n) is 4.52. The summed E-state index contributed by atoms with van der Waals surface area (Å²) in [5, 5.41) is 9.02. The average Bonchev–Trinajstić information content (AvgIpc) is 3.48. The number of nitrogens with one attached hydrogen (secondary N) is 1. The minimum atomic E-state index is -3.93. The van der Waals surface area contributed by atoms with Gasteiger partial charge in [0, 0.05) is 23.8 Å². The third-order valence-corrected chi connectivity index (χ3v) is 5.85. The van der Waals surface area contributed by atoms with Crippen LogP contribution >= 0.6 is 0 Å². The van der Waals surface area contributed by atoms with Crippen LogP contribution in [0.2, 0.25) is 0 Å². The topological polar surface area (TPSA) is 125 Å². The number of hydrogen-bond donors (Lipinski definition) is 1. The second kappa shape index (κ2) is 6.88. The first-order valence-electron chi connectivity index (χ1n) is 8.84. The number of sulfonamides is 1. The lowest BCUT2D eigenvalue weighted by Gasteiger charge is -2.08. The van der Waals surface area contributed by atoms with Crippen molar-refractivity contribution >= 4 is 37.8 Å². The van der Waals surface area contributed by atoms with Gasteiger partial charge in [0.1, 0.15) is 11.0 Å². The molecular formula is C19H15N5O5S. The van der Waals surface area contributed by atoms with Gasteiger partial charge >= 0.3 is 0 Å². The summed E-state index contributed by atoms with van der Waals surface area (Å²) in [5.41, 5.74) is 1.56. The molecule has 152 valence electrons. The van der Waals surface area contributed by atoms with Gasteiger partial charge < -0.3 is 13.7 Å². The second-order valence-electron chi connectivity index (χ2n) is 6.46. The number of pyridine rings is 1. The minimum Gasteiger partial charge on any atom is -0.480 e. The van der Waals surface area contributed by atoms with Gasteiger partial charge in [-0.2, -0.15) is 5.10 Å². The van der Waals surface area contributed by atoms with E-state index in [0.717, 1.165) is 0 Å². The maximum Gasteiger partial charge on any atom is 0.263 e. The Kier molecular flexibility index (Phi) is 4.17. The van der Waals surface area contributed by atoms with Crippen LogP contribution in [-0.4, -0.2) is 35.4 Å². The molecule has 0 aliphatic heterocycles. The van der Waals surface area contributed by atoms with E-state index in [1.165, 1.54) is 25.5 Å². The molecular weight excluding hydrogens is 410 g/mol. The van der Waals surface area contributed by atoms with Crippen molar-refractivity contribution < 1.29 is 22.1 Å². The Balaban J connectivity index is 1.52. The van der Waals surface area contributed by atoms with Crippen LogP contribution in [0.5, 0.6) is 5.88 Å². The molecule has 11 heteroatoms. The molecule has 0 amide bonds. The van der Waals surface area contributed by atoms with Crippen molar-refractivity contribution in [3.63, 3.8) is 0 Å². The molecule has 30 heavy (non-hydrogen) atoms. The fourth-order valence-electron chi connectivity index (χ4n) is 3.13. The van der Waals surface area contributed by atoms with Crippen molar-refractivity contribution in [3.05, 3.63) is 60.7 Å². The van der Waals surface area contributed by atoms with Crippen molar-refractivity contribution in [1.82, 2.24) is 19.9 Å². The van der Waals surface area contributed by atoms with Gasteiger partial charge in [0.25, 0.3) is 10.0 Å². The summed E-state index contributed by atoms with van der Waals surface area (Å²) in [6.45, 7) is 0.395. The quantitative estimate of drug-likeness (QED) is 0.440. The molecule has 1 aromatic carbocycles. The molecule has 4 heterocycles. The molecule has 0 saturated heterocycles. The van der Waals surface area contributed by atoms with Crippen molar-refractivity contribution in [3.8, 4) is 5.88 Å². The number of furan rings is 1. The maximum atomic E-state index is 12.9. The summed E-state index contributed by atoms with van der Waals surface area (Å²) in [6, 6.07) is 9.72. The summed E-state index contributed by atoms with van der Waals surface area (Å²) in [6.07, 6.45) is 4.96. The highest BCUT2D eigenvalue weighted by atomic mass is 32.2. The molecule has 0 atom stereocenters. The SMILES string of the molecule is COc1nc(Cn2cccn2)cc2onc(NS(=O)(=O)c3ccc4occc4c3)c12. The number of hydrogen-bond acceptors (Lipinski definition) is 8. The monoisotopic (exact) mass is 425 g/mol. The Morgan fingerprint density at radius 2 is 2.10 bits per heavy atom. The minimum absolute atomic E-state index is 0.00715. The zero-order chi connectivity index (χ0) is 20.7. The van der Waals surface area contributed by atoms with Crippen LogP contribution in [0, 0.1) is 0 Å². The van der Waals surface area contributed by atoms with Gasteiger partial charge in [-0.1, -0.05) is 5.16 Å². The third kappa shape index (κ3) is 3.14. The first kappa shape index (κ1) is 18.2. The first-order valence-corrected chi connectivity index (χ1v) is 10.3. The molecule has 1 N–H and O–H groups in total. The van der Waals surface area contributed by atoms with Crippen molar-refractivity contribution in [2.24, 2.45) is 0 Å². The summed E-state index contributed by atoms with van der Waals surface area (Å²) in [5.74, 6) is 0.186. The van der Waals surface area contributed by atoms with E-state index in [2.05, 4.69) is 20.0 Å². The van der Waals surface area contributed by atoms with Crippen LogP contribution in [-0.2, 0) is 16.6 Å². The van der Waals surface area contributed by atoms with Crippen molar-refractivity contribution in [2.75, 3.05) is 11.8 Å². The summed E-state index contributed by atoms with van der Waals surface area (Å²) in [7, 11) is -2.49. The fraction of sp³-hybridized carbons (Fsp3) is 0.105. The van der Waals surface area contributed by atoms with E-state index in [1.807, 2.05) is 0 Å². The zero-order valence-corrected chi connectivity index (χ0v) is 16.5. The number of benzene rings is 1. The van der Waals surface area contributed by atoms with Crippen LogP contribution < -0.4 is 9.46 Å². The molecule has 0 radical (unpaired) electrons. The van der Waals surface area contributed by atoms with Gasteiger partial charge in [-0.15, -0.1) is 0 Å². The lowest BCUT2D eigenvalue weighted by Crippen LogP contribution is -2.13. The number of nitrogens with zero attached hydrogens (tertiary/aromatic N) is 4. The zero-order valence-electron chi connectivity index (χ0n) is 15.6. The lowest BCUT2D eigenvalue weighted by atomic mass is 10.2. The summed E-state index contributed by atoms with van der Waals surface area (Å²) < 4.78 is 45.9. The smallest absolute Gasteiger partial charge is 0.263 e. The normalized spacial score (nSPS) is 11.9. The molecule has 0 bridgehead atoms. The van der Waals surface area contributed by atoms with Crippen LogP contribution in [0.4, 0.5) is 5.82 Å².